The Labute approximate surface area is 151 Å². The number of carbonyl (C=O) groups is 1. The number of hydrogen-bond donors (Lipinski definition) is 2. The van der Waals surface area contributed by atoms with Gasteiger partial charge in [0.25, 0.3) is 0 Å². The highest BCUT2D eigenvalue weighted by atomic mass is 35.5. The molecule has 1 unspecified atom stereocenters. The van der Waals surface area contributed by atoms with Gasteiger partial charge in [-0.05, 0) is 56.2 Å². The van der Waals surface area contributed by atoms with Crippen LogP contribution in [0.1, 0.15) is 42.5 Å². The normalized spacial score (nSPS) is 12.6. The van der Waals surface area contributed by atoms with Gasteiger partial charge in [0.15, 0.2) is 6.10 Å². The molecule has 0 spiro atoms. The molecule has 1 amide bonds. The smallest absolute Gasteiger partial charge is 0.404 e. The van der Waals surface area contributed by atoms with Crippen LogP contribution in [0.5, 0.6) is 0 Å². The Morgan fingerprint density at radius 3 is 2.84 bits per heavy atom. The Balaban J connectivity index is 2.11. The monoisotopic (exact) mass is 361 g/mol. The first-order valence-electron chi connectivity index (χ1n) is 7.76. The van der Waals surface area contributed by atoms with Gasteiger partial charge in [-0.1, -0.05) is 28.9 Å². The zero-order valence-electron chi connectivity index (χ0n) is 14.3. The third-order valence-corrected chi connectivity index (χ3v) is 3.94. The van der Waals surface area contributed by atoms with Gasteiger partial charge in [-0.2, -0.15) is 0 Å². The van der Waals surface area contributed by atoms with Gasteiger partial charge in [0.2, 0.25) is 0 Å². The van der Waals surface area contributed by atoms with Crippen molar-refractivity contribution in [2.45, 2.75) is 33.4 Å². The van der Waals surface area contributed by atoms with E-state index in [-0.39, 0.29) is 12.6 Å². The lowest BCUT2D eigenvalue weighted by Gasteiger charge is -2.11. The average Bonchev–Trinajstić information content (AvgIpc) is 2.58. The average molecular weight is 362 g/mol. The third kappa shape index (κ3) is 5.46. The Morgan fingerprint density at radius 2 is 2.16 bits per heavy atom. The number of carboxylic acid groups (broad SMARTS) is 1. The van der Waals surface area contributed by atoms with Crippen LogP contribution in [0, 0.1) is 6.92 Å². The van der Waals surface area contributed by atoms with E-state index < -0.39 is 6.09 Å². The highest BCUT2D eigenvalue weighted by Crippen LogP contribution is 2.19. The fourth-order valence-corrected chi connectivity index (χ4v) is 2.35. The third-order valence-electron chi connectivity index (χ3n) is 3.57. The summed E-state index contributed by atoms with van der Waals surface area (Å²) in [5, 5.41) is 15.7. The Bertz CT molecular complexity index is 793. The predicted octanol–water partition coefficient (Wildman–Crippen LogP) is 4.31. The summed E-state index contributed by atoms with van der Waals surface area (Å²) in [7, 11) is 0. The van der Waals surface area contributed by atoms with Crippen molar-refractivity contribution >= 4 is 23.4 Å². The van der Waals surface area contributed by atoms with Gasteiger partial charge in [-0.25, -0.2) is 4.79 Å². The maximum atomic E-state index is 10.6. The van der Waals surface area contributed by atoms with Gasteiger partial charge in [0, 0.05) is 17.3 Å². The summed E-state index contributed by atoms with van der Waals surface area (Å²) in [6, 6.07) is 11.0. The number of halogens is 1. The van der Waals surface area contributed by atoms with Gasteiger partial charge in [-0.3, -0.25) is 4.98 Å². The zero-order chi connectivity index (χ0) is 18.4. The summed E-state index contributed by atoms with van der Waals surface area (Å²) in [6.07, 6.45) is -1.38. The van der Waals surface area contributed by atoms with Crippen LogP contribution < -0.4 is 5.32 Å². The summed E-state index contributed by atoms with van der Waals surface area (Å²) in [4.78, 5) is 20.6. The van der Waals surface area contributed by atoms with Gasteiger partial charge in [0.1, 0.15) is 0 Å². The maximum absolute atomic E-state index is 10.6. The molecule has 2 N–H and O–H groups in total. The first-order valence-corrected chi connectivity index (χ1v) is 8.14. The second kappa shape index (κ2) is 8.48. The minimum Gasteiger partial charge on any atom is -0.465 e. The zero-order valence-corrected chi connectivity index (χ0v) is 15.0. The number of amides is 1. The highest BCUT2D eigenvalue weighted by Gasteiger charge is 2.10. The first-order chi connectivity index (χ1) is 11.9. The van der Waals surface area contributed by atoms with E-state index in [9.17, 15) is 4.79 Å². The van der Waals surface area contributed by atoms with Crippen molar-refractivity contribution in [2.24, 2.45) is 5.16 Å². The number of nitrogens with one attached hydrogen (secondary N) is 1. The number of oxime groups is 1. The quantitative estimate of drug-likeness (QED) is 0.593. The van der Waals surface area contributed by atoms with Crippen LogP contribution in [0.15, 0.2) is 41.6 Å². The number of pyridine rings is 1. The second-order valence-corrected chi connectivity index (χ2v) is 6.00. The molecule has 0 saturated carbocycles. The van der Waals surface area contributed by atoms with E-state index >= 15 is 0 Å². The lowest BCUT2D eigenvalue weighted by atomic mass is 10.1. The van der Waals surface area contributed by atoms with E-state index in [1.54, 1.807) is 12.1 Å². The maximum Gasteiger partial charge on any atom is 0.404 e. The number of benzene rings is 1. The van der Waals surface area contributed by atoms with Crippen LogP contribution in [0.3, 0.4) is 0 Å². The highest BCUT2D eigenvalue weighted by molar-refractivity contribution is 6.31. The minimum atomic E-state index is -1.10. The molecule has 2 rings (SSSR count). The van der Waals surface area contributed by atoms with Gasteiger partial charge >= 0.3 is 6.09 Å². The largest absolute Gasteiger partial charge is 0.465 e. The van der Waals surface area contributed by atoms with E-state index in [1.165, 1.54) is 0 Å². The molecule has 6 nitrogen and oxygen atoms in total. The summed E-state index contributed by atoms with van der Waals surface area (Å²) in [5.74, 6) is 0. The number of rotatable bonds is 6. The standard InChI is InChI=1S/C18H20ClN3O3/c1-11-5-4-6-17(21-11)13(3)25-22-12(2)14-7-8-16(19)15(9-14)10-20-18(23)24/h4-9,13,20H,10H2,1-3H3,(H,23,24). The molecule has 1 heterocycles. The molecule has 25 heavy (non-hydrogen) atoms. The number of nitrogens with zero attached hydrogens (tertiary/aromatic N) is 2. The van der Waals surface area contributed by atoms with Crippen molar-refractivity contribution in [3.63, 3.8) is 0 Å². The van der Waals surface area contributed by atoms with E-state index in [0.29, 0.717) is 16.3 Å². The molecule has 0 aliphatic rings. The van der Waals surface area contributed by atoms with Crippen molar-refractivity contribution in [1.82, 2.24) is 10.3 Å². The Hall–Kier alpha value is -2.60. The molecular weight excluding hydrogens is 342 g/mol. The van der Waals surface area contributed by atoms with Gasteiger partial charge in [-0.15, -0.1) is 0 Å². The molecule has 1 atom stereocenters. The summed E-state index contributed by atoms with van der Waals surface area (Å²) in [5.41, 5.74) is 3.86. The lowest BCUT2D eigenvalue weighted by Crippen LogP contribution is -2.20. The van der Waals surface area contributed by atoms with Gasteiger partial charge in [0.05, 0.1) is 11.4 Å². The molecule has 1 aromatic heterocycles. The van der Waals surface area contributed by atoms with E-state index in [2.05, 4.69) is 15.5 Å². The van der Waals surface area contributed by atoms with E-state index in [0.717, 1.165) is 17.0 Å². The van der Waals surface area contributed by atoms with E-state index in [1.807, 2.05) is 45.0 Å². The van der Waals surface area contributed by atoms with Crippen molar-refractivity contribution in [1.29, 1.82) is 0 Å². The molecule has 0 bridgehead atoms. The van der Waals surface area contributed by atoms with Crippen LogP contribution in [-0.2, 0) is 11.4 Å². The Kier molecular flexibility index (Phi) is 6.36. The second-order valence-electron chi connectivity index (χ2n) is 5.59. The SMILES string of the molecule is CC(=NOC(C)c1cccc(C)n1)c1ccc(Cl)c(CNC(=O)O)c1. The van der Waals surface area contributed by atoms with Crippen molar-refractivity contribution < 1.29 is 14.7 Å². The Morgan fingerprint density at radius 1 is 1.40 bits per heavy atom. The van der Waals surface area contributed by atoms with Crippen LogP contribution in [-0.4, -0.2) is 21.9 Å². The van der Waals surface area contributed by atoms with Crippen LogP contribution >= 0.6 is 11.6 Å². The fraction of sp³-hybridized carbons (Fsp3) is 0.278. The van der Waals surface area contributed by atoms with Crippen molar-refractivity contribution in [2.75, 3.05) is 0 Å². The van der Waals surface area contributed by atoms with Crippen LogP contribution in [0.4, 0.5) is 4.79 Å². The van der Waals surface area contributed by atoms with Crippen LogP contribution in [0.2, 0.25) is 5.02 Å². The number of hydrogen-bond acceptors (Lipinski definition) is 4. The molecule has 2 aromatic rings. The molecule has 132 valence electrons. The lowest BCUT2D eigenvalue weighted by molar-refractivity contribution is 0.0692. The van der Waals surface area contributed by atoms with Crippen molar-refractivity contribution in [3.8, 4) is 0 Å². The first kappa shape index (κ1) is 18.7. The topological polar surface area (TPSA) is 83.8 Å². The molecule has 0 radical (unpaired) electrons. The molecule has 0 saturated heterocycles. The summed E-state index contributed by atoms with van der Waals surface area (Å²) >= 11 is 6.09. The number of aryl methyl sites for hydroxylation is 1. The van der Waals surface area contributed by atoms with E-state index in [4.69, 9.17) is 21.5 Å². The molecule has 0 aliphatic carbocycles. The number of aromatic nitrogens is 1. The van der Waals surface area contributed by atoms with Crippen molar-refractivity contribution in [3.05, 3.63) is 63.9 Å². The summed E-state index contributed by atoms with van der Waals surface area (Å²) in [6.45, 7) is 5.74. The predicted molar refractivity (Wildman–Crippen MR) is 97.0 cm³/mol. The summed E-state index contributed by atoms with van der Waals surface area (Å²) < 4.78 is 0. The fourth-order valence-electron chi connectivity index (χ4n) is 2.16. The molecule has 7 heteroatoms. The molecule has 1 aromatic carbocycles. The minimum absolute atomic E-state index is 0.125. The molecule has 0 fully saturated rings. The molecular formula is C18H20ClN3O3. The van der Waals surface area contributed by atoms with Gasteiger partial charge < -0.3 is 15.3 Å². The molecule has 0 aliphatic heterocycles. The van der Waals surface area contributed by atoms with Crippen LogP contribution in [0.25, 0.3) is 0 Å².